The van der Waals surface area contributed by atoms with Crippen LogP contribution < -0.4 is 10.1 Å². The summed E-state index contributed by atoms with van der Waals surface area (Å²) in [5.74, 6) is 2.22. The number of thioether (sulfide) groups is 1. The molecule has 0 heterocycles. The van der Waals surface area contributed by atoms with E-state index in [1.54, 1.807) is 0 Å². The molecule has 0 saturated heterocycles. The number of para-hydroxylation sites is 1. The zero-order valence-corrected chi connectivity index (χ0v) is 10.8. The van der Waals surface area contributed by atoms with Gasteiger partial charge >= 0.3 is 0 Å². The van der Waals surface area contributed by atoms with Crippen molar-refractivity contribution >= 4 is 11.8 Å². The molecule has 0 atom stereocenters. The minimum Gasteiger partial charge on any atom is -0.492 e. The fourth-order valence-corrected chi connectivity index (χ4v) is 1.87. The molecule has 16 heavy (non-hydrogen) atoms. The molecule has 2 nitrogen and oxygen atoms in total. The summed E-state index contributed by atoms with van der Waals surface area (Å²) >= 11 is 1.91. The molecule has 0 amide bonds. The predicted molar refractivity (Wildman–Crippen MR) is 72.4 cm³/mol. The van der Waals surface area contributed by atoms with Crippen molar-refractivity contribution in [3.05, 3.63) is 30.3 Å². The van der Waals surface area contributed by atoms with Crippen LogP contribution in [0, 0.1) is 0 Å². The quantitative estimate of drug-likeness (QED) is 0.670. The molecular formula is C13H21NOS. The van der Waals surface area contributed by atoms with Crippen LogP contribution in [0.25, 0.3) is 0 Å². The van der Waals surface area contributed by atoms with Crippen LogP contribution in [0.1, 0.15) is 12.8 Å². The molecule has 1 N–H and O–H groups in total. The van der Waals surface area contributed by atoms with Crippen LogP contribution in [0.15, 0.2) is 30.3 Å². The standard InChI is InChI=1S/C13H21NOS/c1-16-12-6-5-9-14-10-11-15-13-7-3-2-4-8-13/h2-4,7-8,14H,5-6,9-12H2,1H3. The molecule has 90 valence electrons. The highest BCUT2D eigenvalue weighted by molar-refractivity contribution is 7.98. The Morgan fingerprint density at radius 1 is 1.12 bits per heavy atom. The molecule has 1 aromatic carbocycles. The van der Waals surface area contributed by atoms with Crippen LogP contribution in [0.4, 0.5) is 0 Å². The highest BCUT2D eigenvalue weighted by Crippen LogP contribution is 2.07. The minimum absolute atomic E-state index is 0.743. The lowest BCUT2D eigenvalue weighted by atomic mass is 10.3. The molecular weight excluding hydrogens is 218 g/mol. The van der Waals surface area contributed by atoms with Gasteiger partial charge in [-0.15, -0.1) is 0 Å². The fourth-order valence-electron chi connectivity index (χ4n) is 1.38. The van der Waals surface area contributed by atoms with E-state index in [1.165, 1.54) is 18.6 Å². The highest BCUT2D eigenvalue weighted by Gasteiger charge is 1.91. The van der Waals surface area contributed by atoms with Gasteiger partial charge in [-0.2, -0.15) is 11.8 Å². The second kappa shape index (κ2) is 9.55. The van der Waals surface area contributed by atoms with E-state index < -0.39 is 0 Å². The number of hydrogen-bond donors (Lipinski definition) is 1. The van der Waals surface area contributed by atoms with Gasteiger partial charge in [0.1, 0.15) is 12.4 Å². The predicted octanol–water partition coefficient (Wildman–Crippen LogP) is 2.80. The molecule has 0 spiro atoms. The van der Waals surface area contributed by atoms with Gasteiger partial charge in [0, 0.05) is 6.54 Å². The van der Waals surface area contributed by atoms with Crippen molar-refractivity contribution in [1.29, 1.82) is 0 Å². The smallest absolute Gasteiger partial charge is 0.119 e. The van der Waals surface area contributed by atoms with Crippen LogP contribution >= 0.6 is 11.8 Å². The molecule has 0 unspecified atom stereocenters. The average Bonchev–Trinajstić information content (AvgIpc) is 2.34. The fraction of sp³-hybridized carbons (Fsp3) is 0.538. The molecule has 1 aromatic rings. The van der Waals surface area contributed by atoms with Crippen LogP contribution in [-0.4, -0.2) is 31.7 Å². The highest BCUT2D eigenvalue weighted by atomic mass is 32.2. The molecule has 0 aliphatic rings. The van der Waals surface area contributed by atoms with Crippen molar-refractivity contribution in [2.24, 2.45) is 0 Å². The number of benzene rings is 1. The van der Waals surface area contributed by atoms with Crippen molar-refractivity contribution in [3.63, 3.8) is 0 Å². The average molecular weight is 239 g/mol. The topological polar surface area (TPSA) is 21.3 Å². The third-order valence-electron chi connectivity index (χ3n) is 2.24. The Balaban J connectivity index is 1.89. The van der Waals surface area contributed by atoms with Gasteiger partial charge in [0.05, 0.1) is 0 Å². The number of nitrogens with one attached hydrogen (secondary N) is 1. The van der Waals surface area contributed by atoms with Gasteiger partial charge in [0.2, 0.25) is 0 Å². The molecule has 3 heteroatoms. The summed E-state index contributed by atoms with van der Waals surface area (Å²) in [5, 5.41) is 3.38. The Labute approximate surface area is 103 Å². The van der Waals surface area contributed by atoms with Crippen molar-refractivity contribution in [2.45, 2.75) is 12.8 Å². The Bertz CT molecular complexity index is 253. The third kappa shape index (κ3) is 6.75. The minimum atomic E-state index is 0.743. The second-order valence-corrected chi connectivity index (χ2v) is 4.60. The molecule has 0 bridgehead atoms. The lowest BCUT2D eigenvalue weighted by Gasteiger charge is -2.07. The van der Waals surface area contributed by atoms with E-state index in [0.717, 1.165) is 25.4 Å². The zero-order chi connectivity index (χ0) is 11.5. The van der Waals surface area contributed by atoms with Crippen molar-refractivity contribution in [2.75, 3.05) is 31.7 Å². The summed E-state index contributed by atoms with van der Waals surface area (Å²) in [5.41, 5.74) is 0. The molecule has 0 radical (unpaired) electrons. The molecule has 0 aliphatic heterocycles. The maximum Gasteiger partial charge on any atom is 0.119 e. The maximum absolute atomic E-state index is 5.57. The molecule has 0 saturated carbocycles. The molecule has 0 aromatic heterocycles. The normalized spacial score (nSPS) is 10.3. The van der Waals surface area contributed by atoms with E-state index in [2.05, 4.69) is 11.6 Å². The van der Waals surface area contributed by atoms with Gasteiger partial charge in [-0.3, -0.25) is 0 Å². The first-order chi connectivity index (χ1) is 7.93. The largest absolute Gasteiger partial charge is 0.492 e. The first-order valence-corrected chi connectivity index (χ1v) is 7.20. The lowest BCUT2D eigenvalue weighted by molar-refractivity contribution is 0.314. The number of rotatable bonds is 9. The van der Waals surface area contributed by atoms with Crippen LogP contribution in [0.2, 0.25) is 0 Å². The number of unbranched alkanes of at least 4 members (excludes halogenated alkanes) is 1. The first kappa shape index (κ1) is 13.4. The Morgan fingerprint density at radius 3 is 2.69 bits per heavy atom. The SMILES string of the molecule is CSCCCCNCCOc1ccccc1. The van der Waals surface area contributed by atoms with Gasteiger partial charge in [0.25, 0.3) is 0 Å². The maximum atomic E-state index is 5.57. The number of ether oxygens (including phenoxy) is 1. The zero-order valence-electron chi connectivity index (χ0n) is 9.95. The summed E-state index contributed by atoms with van der Waals surface area (Å²) in [6.07, 6.45) is 4.71. The van der Waals surface area contributed by atoms with Crippen molar-refractivity contribution in [1.82, 2.24) is 5.32 Å². The number of hydrogen-bond acceptors (Lipinski definition) is 3. The van der Waals surface area contributed by atoms with Gasteiger partial charge in [0.15, 0.2) is 0 Å². The Morgan fingerprint density at radius 2 is 1.94 bits per heavy atom. The Hall–Kier alpha value is -0.670. The van der Waals surface area contributed by atoms with Crippen LogP contribution in [-0.2, 0) is 0 Å². The van der Waals surface area contributed by atoms with Crippen LogP contribution in [0.5, 0.6) is 5.75 Å². The third-order valence-corrected chi connectivity index (χ3v) is 2.94. The van der Waals surface area contributed by atoms with Gasteiger partial charge < -0.3 is 10.1 Å². The van der Waals surface area contributed by atoms with Crippen molar-refractivity contribution in [3.8, 4) is 5.75 Å². The summed E-state index contributed by atoms with van der Waals surface area (Å²) in [7, 11) is 0. The Kier molecular flexibility index (Phi) is 7.99. The van der Waals surface area contributed by atoms with E-state index in [0.29, 0.717) is 0 Å². The second-order valence-electron chi connectivity index (χ2n) is 3.61. The van der Waals surface area contributed by atoms with E-state index in [-0.39, 0.29) is 0 Å². The summed E-state index contributed by atoms with van der Waals surface area (Å²) < 4.78 is 5.57. The van der Waals surface area contributed by atoms with Crippen molar-refractivity contribution < 1.29 is 4.74 Å². The summed E-state index contributed by atoms with van der Waals surface area (Å²) in [6.45, 7) is 2.76. The van der Waals surface area contributed by atoms with E-state index in [1.807, 2.05) is 42.1 Å². The van der Waals surface area contributed by atoms with Gasteiger partial charge in [-0.25, -0.2) is 0 Å². The molecule has 1 rings (SSSR count). The molecule has 0 fully saturated rings. The molecule has 0 aliphatic carbocycles. The lowest BCUT2D eigenvalue weighted by Crippen LogP contribution is -2.22. The summed E-state index contributed by atoms with van der Waals surface area (Å²) in [4.78, 5) is 0. The van der Waals surface area contributed by atoms with Gasteiger partial charge in [-0.1, -0.05) is 18.2 Å². The van der Waals surface area contributed by atoms with Gasteiger partial charge in [-0.05, 0) is 43.5 Å². The van der Waals surface area contributed by atoms with E-state index >= 15 is 0 Å². The van der Waals surface area contributed by atoms with E-state index in [9.17, 15) is 0 Å². The van der Waals surface area contributed by atoms with Crippen LogP contribution in [0.3, 0.4) is 0 Å². The first-order valence-electron chi connectivity index (χ1n) is 5.81. The monoisotopic (exact) mass is 239 g/mol. The summed E-state index contributed by atoms with van der Waals surface area (Å²) in [6, 6.07) is 9.95. The van der Waals surface area contributed by atoms with E-state index in [4.69, 9.17) is 4.74 Å².